The molecule has 1 aromatic carbocycles. The minimum atomic E-state index is -3.86. The molecule has 0 aliphatic rings. The van der Waals surface area contributed by atoms with Gasteiger partial charge >= 0.3 is 0 Å². The number of pyridine rings is 2. The number of carbonyl (C=O) groups is 1. The molecule has 0 spiro atoms. The third-order valence-electron chi connectivity index (χ3n) is 4.65. The molecule has 0 unspecified atom stereocenters. The van der Waals surface area contributed by atoms with Crippen LogP contribution in [0.2, 0.25) is 5.02 Å². The van der Waals surface area contributed by atoms with E-state index < -0.39 is 21.5 Å². The second-order valence-corrected chi connectivity index (χ2v) is 9.09. The van der Waals surface area contributed by atoms with Gasteiger partial charge in [-0.25, -0.2) is 13.1 Å². The summed E-state index contributed by atoms with van der Waals surface area (Å²) >= 11 is 6.22. The Bertz CT molecular complexity index is 1460. The van der Waals surface area contributed by atoms with E-state index in [1.807, 2.05) is 10.8 Å². The van der Waals surface area contributed by atoms with E-state index in [1.165, 1.54) is 6.20 Å². The lowest BCUT2D eigenvalue weighted by atomic mass is 10.0. The number of amides is 1. The van der Waals surface area contributed by atoms with Gasteiger partial charge in [-0.2, -0.15) is 0 Å². The molecule has 0 aliphatic carbocycles. The number of carbonyl (C=O) groups excluding carboxylic acids is 1. The van der Waals surface area contributed by atoms with Gasteiger partial charge in [0.05, 0.1) is 18.5 Å². The number of nitrogens with one attached hydrogen (secondary N) is 2. The van der Waals surface area contributed by atoms with Crippen LogP contribution in [-0.2, 0) is 16.6 Å². The van der Waals surface area contributed by atoms with Crippen LogP contribution in [0.3, 0.4) is 0 Å². The molecule has 2 N–H and O–H groups in total. The van der Waals surface area contributed by atoms with Crippen molar-refractivity contribution in [2.24, 2.45) is 0 Å². The zero-order valence-electron chi connectivity index (χ0n) is 16.3. The van der Waals surface area contributed by atoms with Gasteiger partial charge in [-0.1, -0.05) is 17.7 Å². The zero-order valence-corrected chi connectivity index (χ0v) is 17.9. The quantitative estimate of drug-likeness (QED) is 0.479. The fourth-order valence-corrected chi connectivity index (χ4v) is 4.09. The number of sulfonamides is 1. The summed E-state index contributed by atoms with van der Waals surface area (Å²) in [5, 5.41) is 0.949. The van der Waals surface area contributed by atoms with Crippen molar-refractivity contribution in [1.82, 2.24) is 19.3 Å². The molecule has 8 nitrogen and oxygen atoms in total. The average Bonchev–Trinajstić information content (AvgIpc) is 3.01. The van der Waals surface area contributed by atoms with Gasteiger partial charge < -0.3 is 9.55 Å². The van der Waals surface area contributed by atoms with Crippen LogP contribution in [0.1, 0.15) is 16.2 Å². The molecule has 3 aromatic heterocycles. The number of fused-ring (bicyclic) bond motifs is 1. The fraction of sp³-hybridized carbons (Fsp3) is 0.0952. The van der Waals surface area contributed by atoms with Crippen molar-refractivity contribution in [3.8, 4) is 11.1 Å². The fourth-order valence-electron chi connectivity index (χ4n) is 3.49. The molecule has 0 atom stereocenters. The predicted molar refractivity (Wildman–Crippen MR) is 119 cm³/mol. The Balaban J connectivity index is 2.09. The lowest BCUT2D eigenvalue weighted by Gasteiger charge is -2.12. The molecule has 0 fully saturated rings. The standard InChI is InChI=1S/C21H17ClN4O4S/c1-31(29,30)25-21(28)19-18(15-6-4-10-24-20(15)27)16-11-13(22)7-8-17(16)26(19)12-14-5-2-3-9-23-14/h2-11H,12H2,1H3,(H,24,27)(H,25,28). The average molecular weight is 457 g/mol. The Labute approximate surface area is 182 Å². The minimum absolute atomic E-state index is 0.0186. The summed E-state index contributed by atoms with van der Waals surface area (Å²) in [7, 11) is -3.86. The van der Waals surface area contributed by atoms with Gasteiger partial charge in [0.15, 0.2) is 0 Å². The van der Waals surface area contributed by atoms with Crippen LogP contribution in [0.25, 0.3) is 22.0 Å². The Hall–Kier alpha value is -3.43. The van der Waals surface area contributed by atoms with E-state index >= 15 is 0 Å². The number of hydrogen-bond acceptors (Lipinski definition) is 5. The molecule has 4 rings (SSSR count). The van der Waals surface area contributed by atoms with Gasteiger partial charge in [0.2, 0.25) is 10.0 Å². The maximum atomic E-state index is 13.2. The summed E-state index contributed by atoms with van der Waals surface area (Å²) in [6.45, 7) is 0.177. The molecular weight excluding hydrogens is 440 g/mol. The molecule has 0 aliphatic heterocycles. The number of aromatic amines is 1. The summed E-state index contributed by atoms with van der Waals surface area (Å²) < 4.78 is 27.3. The van der Waals surface area contributed by atoms with Crippen molar-refractivity contribution in [2.45, 2.75) is 6.54 Å². The summed E-state index contributed by atoms with van der Waals surface area (Å²) in [6, 6.07) is 13.6. The van der Waals surface area contributed by atoms with E-state index in [2.05, 4.69) is 9.97 Å². The highest BCUT2D eigenvalue weighted by Crippen LogP contribution is 2.35. The highest BCUT2D eigenvalue weighted by Gasteiger charge is 2.27. The Kier molecular flexibility index (Phi) is 5.38. The van der Waals surface area contributed by atoms with Crippen molar-refractivity contribution < 1.29 is 13.2 Å². The summed E-state index contributed by atoms with van der Waals surface area (Å²) in [5.74, 6) is -0.857. The van der Waals surface area contributed by atoms with Gasteiger partial charge in [0.25, 0.3) is 11.5 Å². The Morgan fingerprint density at radius 3 is 2.68 bits per heavy atom. The summed E-state index contributed by atoms with van der Waals surface area (Å²) in [4.78, 5) is 32.7. The molecule has 3 heterocycles. The smallest absolute Gasteiger partial charge is 0.282 e. The first-order chi connectivity index (χ1) is 14.7. The lowest BCUT2D eigenvalue weighted by Crippen LogP contribution is -2.32. The first-order valence-corrected chi connectivity index (χ1v) is 11.4. The highest BCUT2D eigenvalue weighted by atomic mass is 35.5. The molecule has 10 heteroatoms. The maximum absolute atomic E-state index is 13.2. The molecular formula is C21H17ClN4O4S. The van der Waals surface area contributed by atoms with Crippen molar-refractivity contribution in [1.29, 1.82) is 0 Å². The van der Waals surface area contributed by atoms with Gasteiger partial charge in [-0.05, 0) is 42.5 Å². The monoisotopic (exact) mass is 456 g/mol. The van der Waals surface area contributed by atoms with Crippen LogP contribution in [0.5, 0.6) is 0 Å². The summed E-state index contributed by atoms with van der Waals surface area (Å²) in [6.07, 6.45) is 3.99. The number of aromatic nitrogens is 3. The number of benzene rings is 1. The van der Waals surface area contributed by atoms with E-state index in [1.54, 1.807) is 53.2 Å². The van der Waals surface area contributed by atoms with Crippen LogP contribution in [0, 0.1) is 0 Å². The second-order valence-electron chi connectivity index (χ2n) is 6.91. The molecule has 0 saturated carbocycles. The van der Waals surface area contributed by atoms with Crippen molar-refractivity contribution in [3.63, 3.8) is 0 Å². The van der Waals surface area contributed by atoms with E-state index in [0.29, 0.717) is 21.6 Å². The first kappa shape index (κ1) is 20.8. The third kappa shape index (κ3) is 4.23. The number of hydrogen-bond donors (Lipinski definition) is 2. The van der Waals surface area contributed by atoms with Crippen LogP contribution in [0.15, 0.2) is 65.7 Å². The summed E-state index contributed by atoms with van der Waals surface area (Å²) in [5.41, 5.74) is 1.35. The van der Waals surface area contributed by atoms with E-state index in [0.717, 1.165) is 6.26 Å². The van der Waals surface area contributed by atoms with Crippen molar-refractivity contribution in [2.75, 3.05) is 6.26 Å². The van der Waals surface area contributed by atoms with Crippen LogP contribution in [-0.4, -0.2) is 35.1 Å². The third-order valence-corrected chi connectivity index (χ3v) is 5.44. The molecule has 0 saturated heterocycles. The molecule has 1 amide bonds. The molecule has 158 valence electrons. The van der Waals surface area contributed by atoms with Crippen LogP contribution < -0.4 is 10.3 Å². The van der Waals surface area contributed by atoms with E-state index in [9.17, 15) is 18.0 Å². The van der Waals surface area contributed by atoms with Crippen molar-refractivity contribution in [3.05, 3.63) is 87.7 Å². The van der Waals surface area contributed by atoms with Gasteiger partial charge in [0.1, 0.15) is 5.69 Å². The normalized spacial score (nSPS) is 11.5. The molecule has 31 heavy (non-hydrogen) atoms. The Morgan fingerprint density at radius 1 is 1.19 bits per heavy atom. The number of rotatable bonds is 5. The number of nitrogens with zero attached hydrogens (tertiary/aromatic N) is 2. The van der Waals surface area contributed by atoms with E-state index in [-0.39, 0.29) is 23.4 Å². The van der Waals surface area contributed by atoms with E-state index in [4.69, 9.17) is 11.6 Å². The van der Waals surface area contributed by atoms with Gasteiger partial charge in [-0.3, -0.25) is 14.6 Å². The lowest BCUT2D eigenvalue weighted by molar-refractivity contribution is 0.0974. The van der Waals surface area contributed by atoms with Crippen LogP contribution >= 0.6 is 11.6 Å². The number of halogens is 1. The maximum Gasteiger partial charge on any atom is 0.282 e. The SMILES string of the molecule is CS(=O)(=O)NC(=O)c1c(-c2ccc[nH]c2=O)c2cc(Cl)ccc2n1Cc1ccccn1. The minimum Gasteiger partial charge on any atom is -0.330 e. The molecule has 0 radical (unpaired) electrons. The van der Waals surface area contributed by atoms with Gasteiger partial charge in [0, 0.05) is 39.4 Å². The van der Waals surface area contributed by atoms with Crippen molar-refractivity contribution >= 4 is 38.4 Å². The van der Waals surface area contributed by atoms with Crippen LogP contribution in [0.4, 0.5) is 0 Å². The predicted octanol–water partition coefficient (Wildman–Crippen LogP) is 2.78. The first-order valence-electron chi connectivity index (χ1n) is 9.16. The largest absolute Gasteiger partial charge is 0.330 e. The second kappa shape index (κ2) is 8.01. The zero-order chi connectivity index (χ0) is 22.2. The number of H-pyrrole nitrogens is 1. The molecule has 4 aromatic rings. The topological polar surface area (TPSA) is 114 Å². The Morgan fingerprint density at radius 2 is 2.00 bits per heavy atom. The molecule has 0 bridgehead atoms. The highest BCUT2D eigenvalue weighted by molar-refractivity contribution is 7.89. The van der Waals surface area contributed by atoms with Gasteiger partial charge in [-0.15, -0.1) is 0 Å².